The van der Waals surface area contributed by atoms with Crippen LogP contribution in [0.25, 0.3) is 0 Å². The van der Waals surface area contributed by atoms with Gasteiger partial charge < -0.3 is 5.32 Å². The summed E-state index contributed by atoms with van der Waals surface area (Å²) in [7, 11) is 0. The third-order valence-corrected chi connectivity index (χ3v) is 4.77. The van der Waals surface area contributed by atoms with E-state index in [1.165, 1.54) is 16.4 Å². The molecule has 0 fully saturated rings. The number of hydrogen-bond donors (Lipinski definition) is 1. The first-order valence-corrected chi connectivity index (χ1v) is 8.94. The van der Waals surface area contributed by atoms with Gasteiger partial charge in [0.25, 0.3) is 0 Å². The van der Waals surface area contributed by atoms with Crippen LogP contribution in [0.15, 0.2) is 10.7 Å². The number of aryl methyl sites for hydroxylation is 1. The van der Waals surface area contributed by atoms with Crippen molar-refractivity contribution in [2.75, 3.05) is 6.54 Å². The van der Waals surface area contributed by atoms with Crippen LogP contribution in [-0.2, 0) is 6.42 Å². The summed E-state index contributed by atoms with van der Waals surface area (Å²) in [6.07, 6.45) is 3.84. The van der Waals surface area contributed by atoms with E-state index in [0.717, 1.165) is 35.2 Å². The van der Waals surface area contributed by atoms with Gasteiger partial charge in [-0.2, -0.15) is 5.10 Å². The minimum Gasteiger partial charge on any atom is -0.304 e. The smallest absolute Gasteiger partial charge is 0.0888 e. The summed E-state index contributed by atoms with van der Waals surface area (Å²) < 4.78 is 7.24. The lowest BCUT2D eigenvalue weighted by atomic mass is 10.1. The van der Waals surface area contributed by atoms with Crippen molar-refractivity contribution in [2.24, 2.45) is 0 Å². The monoisotopic (exact) mass is 371 g/mol. The zero-order chi connectivity index (χ0) is 15.4. The summed E-state index contributed by atoms with van der Waals surface area (Å²) >= 11 is 5.12. The molecule has 0 aliphatic rings. The lowest BCUT2D eigenvalue weighted by Crippen LogP contribution is -2.27. The van der Waals surface area contributed by atoms with Crippen molar-refractivity contribution in [3.63, 3.8) is 0 Å². The fourth-order valence-corrected chi connectivity index (χ4v) is 3.63. The SMILES string of the molecule is CCCNC(c1snnc1CC)c1c(Br)cnn1C(C)C. The summed E-state index contributed by atoms with van der Waals surface area (Å²) in [5.74, 6) is 0. The van der Waals surface area contributed by atoms with E-state index >= 15 is 0 Å². The van der Waals surface area contributed by atoms with Gasteiger partial charge in [-0.05, 0) is 60.7 Å². The quantitative estimate of drug-likeness (QED) is 0.805. The Bertz CT molecular complexity index is 578. The third kappa shape index (κ3) is 3.52. The second-order valence-corrected chi connectivity index (χ2v) is 6.88. The van der Waals surface area contributed by atoms with Gasteiger partial charge in [0.15, 0.2) is 0 Å². The van der Waals surface area contributed by atoms with Crippen molar-refractivity contribution in [3.05, 3.63) is 26.9 Å². The Morgan fingerprint density at radius 2 is 2.14 bits per heavy atom. The Kier molecular flexibility index (Phi) is 5.89. The molecule has 0 aliphatic heterocycles. The summed E-state index contributed by atoms with van der Waals surface area (Å²) in [6.45, 7) is 9.52. The first-order valence-electron chi connectivity index (χ1n) is 7.37. The molecule has 116 valence electrons. The predicted octanol–water partition coefficient (Wildman–Crippen LogP) is 3.73. The average Bonchev–Trinajstić information content (AvgIpc) is 3.07. The Morgan fingerprint density at radius 1 is 1.38 bits per heavy atom. The molecule has 7 heteroatoms. The molecule has 0 saturated heterocycles. The van der Waals surface area contributed by atoms with Crippen LogP contribution in [0.2, 0.25) is 0 Å². The lowest BCUT2D eigenvalue weighted by Gasteiger charge is -2.21. The Hall–Kier alpha value is -0.790. The maximum Gasteiger partial charge on any atom is 0.0888 e. The van der Waals surface area contributed by atoms with E-state index in [4.69, 9.17) is 0 Å². The van der Waals surface area contributed by atoms with Crippen molar-refractivity contribution in [2.45, 2.75) is 52.6 Å². The maximum atomic E-state index is 4.50. The second-order valence-electron chi connectivity index (χ2n) is 5.24. The van der Waals surface area contributed by atoms with Crippen molar-refractivity contribution < 1.29 is 0 Å². The van der Waals surface area contributed by atoms with Gasteiger partial charge in [-0.15, -0.1) is 5.10 Å². The molecule has 2 rings (SSSR count). The molecule has 2 aromatic rings. The highest BCUT2D eigenvalue weighted by molar-refractivity contribution is 9.10. The zero-order valence-corrected chi connectivity index (χ0v) is 15.3. The van der Waals surface area contributed by atoms with Crippen LogP contribution >= 0.6 is 27.5 Å². The van der Waals surface area contributed by atoms with Gasteiger partial charge in [0.05, 0.1) is 33.0 Å². The molecule has 1 N–H and O–H groups in total. The molecular formula is C14H22BrN5S. The van der Waals surface area contributed by atoms with Gasteiger partial charge in [0.1, 0.15) is 0 Å². The van der Waals surface area contributed by atoms with Crippen molar-refractivity contribution in [1.29, 1.82) is 0 Å². The molecule has 2 heterocycles. The first kappa shape index (κ1) is 16.6. The van der Waals surface area contributed by atoms with Gasteiger partial charge in [-0.1, -0.05) is 18.3 Å². The number of rotatable bonds is 7. The van der Waals surface area contributed by atoms with Crippen LogP contribution in [0.5, 0.6) is 0 Å². The van der Waals surface area contributed by atoms with Gasteiger partial charge in [0.2, 0.25) is 0 Å². The summed E-state index contributed by atoms with van der Waals surface area (Å²) in [4.78, 5) is 1.19. The summed E-state index contributed by atoms with van der Waals surface area (Å²) in [5.41, 5.74) is 2.22. The first-order chi connectivity index (χ1) is 10.1. The highest BCUT2D eigenvalue weighted by Crippen LogP contribution is 2.33. The summed E-state index contributed by atoms with van der Waals surface area (Å²) in [6, 6.07) is 0.391. The van der Waals surface area contributed by atoms with Gasteiger partial charge >= 0.3 is 0 Å². The second kappa shape index (κ2) is 7.47. The number of nitrogens with one attached hydrogen (secondary N) is 1. The molecule has 0 saturated carbocycles. The van der Waals surface area contributed by atoms with Crippen molar-refractivity contribution in [3.8, 4) is 0 Å². The van der Waals surface area contributed by atoms with Crippen LogP contribution in [0.4, 0.5) is 0 Å². The molecule has 0 bridgehead atoms. The van der Waals surface area contributed by atoms with Crippen LogP contribution in [0.1, 0.15) is 62.5 Å². The molecule has 2 aromatic heterocycles. The molecule has 1 unspecified atom stereocenters. The van der Waals surface area contributed by atoms with Crippen LogP contribution in [0.3, 0.4) is 0 Å². The number of aromatic nitrogens is 4. The molecule has 5 nitrogen and oxygen atoms in total. The van der Waals surface area contributed by atoms with E-state index < -0.39 is 0 Å². The molecule has 0 aliphatic carbocycles. The molecule has 0 amide bonds. The van der Waals surface area contributed by atoms with Crippen molar-refractivity contribution in [1.82, 2.24) is 24.7 Å². The lowest BCUT2D eigenvalue weighted by molar-refractivity contribution is 0.472. The fourth-order valence-electron chi connectivity index (χ4n) is 2.31. The Morgan fingerprint density at radius 3 is 2.76 bits per heavy atom. The van der Waals surface area contributed by atoms with E-state index in [-0.39, 0.29) is 6.04 Å². The maximum absolute atomic E-state index is 4.50. The average molecular weight is 372 g/mol. The fraction of sp³-hybridized carbons (Fsp3) is 0.643. The highest BCUT2D eigenvalue weighted by Gasteiger charge is 2.26. The molecule has 1 atom stereocenters. The predicted molar refractivity (Wildman–Crippen MR) is 89.7 cm³/mol. The largest absolute Gasteiger partial charge is 0.304 e. The minimum atomic E-state index is 0.0826. The standard InChI is InChI=1S/C14H22BrN5S/c1-5-7-16-12(14-11(6-2)18-19-21-14)13-10(15)8-17-20(13)9(3)4/h8-9,12,16H,5-7H2,1-4H3. The van der Waals surface area contributed by atoms with Gasteiger partial charge in [-0.25, -0.2) is 0 Å². The van der Waals surface area contributed by atoms with Crippen LogP contribution < -0.4 is 5.32 Å². The summed E-state index contributed by atoms with van der Waals surface area (Å²) in [5, 5.41) is 12.4. The molecular weight excluding hydrogens is 350 g/mol. The van der Waals surface area contributed by atoms with Crippen LogP contribution in [0, 0.1) is 0 Å². The molecule has 0 spiro atoms. The number of hydrogen-bond acceptors (Lipinski definition) is 5. The zero-order valence-electron chi connectivity index (χ0n) is 12.9. The third-order valence-electron chi connectivity index (χ3n) is 3.33. The number of nitrogens with zero attached hydrogens (tertiary/aromatic N) is 4. The van der Waals surface area contributed by atoms with E-state index in [1.807, 2.05) is 6.20 Å². The van der Waals surface area contributed by atoms with E-state index in [9.17, 15) is 0 Å². The Labute approximate surface area is 138 Å². The van der Waals surface area contributed by atoms with E-state index in [2.05, 4.69) is 68.3 Å². The van der Waals surface area contributed by atoms with Gasteiger partial charge in [-0.3, -0.25) is 4.68 Å². The van der Waals surface area contributed by atoms with E-state index in [0.29, 0.717) is 6.04 Å². The molecule has 0 radical (unpaired) electrons. The molecule has 21 heavy (non-hydrogen) atoms. The topological polar surface area (TPSA) is 55.6 Å². The van der Waals surface area contributed by atoms with Crippen molar-refractivity contribution >= 4 is 27.5 Å². The highest BCUT2D eigenvalue weighted by atomic mass is 79.9. The normalized spacial score (nSPS) is 13.0. The number of halogens is 1. The Balaban J connectivity index is 2.48. The molecule has 0 aromatic carbocycles. The van der Waals surface area contributed by atoms with E-state index in [1.54, 1.807) is 0 Å². The van der Waals surface area contributed by atoms with Crippen LogP contribution in [-0.4, -0.2) is 25.9 Å². The van der Waals surface area contributed by atoms with Gasteiger partial charge in [0, 0.05) is 6.04 Å². The minimum absolute atomic E-state index is 0.0826.